The summed E-state index contributed by atoms with van der Waals surface area (Å²) in [6, 6.07) is 22.3. The molecule has 4 amide bonds. The summed E-state index contributed by atoms with van der Waals surface area (Å²) in [4.78, 5) is 97.0. The van der Waals surface area contributed by atoms with E-state index in [0.717, 1.165) is 20.6 Å². The summed E-state index contributed by atoms with van der Waals surface area (Å²) in [6.45, 7) is 0.714. The maximum Gasteiger partial charge on any atom is 0.296 e. The molecule has 18 heteroatoms. The molecule has 1 unspecified atom stereocenters. The number of carbonyl (C=O) groups excluding carboxylic acids is 4. The van der Waals surface area contributed by atoms with Gasteiger partial charge in [-0.25, -0.2) is 0 Å². The van der Waals surface area contributed by atoms with E-state index in [1.54, 1.807) is 12.1 Å². The Labute approximate surface area is 346 Å². The number of thioether (sulfide) groups is 2. The highest BCUT2D eigenvalue weighted by Gasteiger charge is 2.35. The van der Waals surface area contributed by atoms with Gasteiger partial charge in [0.25, 0.3) is 34.7 Å². The number of nitrogens with one attached hydrogen (secondary N) is 2. The van der Waals surface area contributed by atoms with Gasteiger partial charge in [0.05, 0.1) is 0 Å². The topological polar surface area (TPSA) is 161 Å². The number of thiol groups is 1. The smallest absolute Gasteiger partial charge is 0.296 e. The molecular weight excluding hydrogens is 809 g/mol. The highest BCUT2D eigenvalue weighted by atomic mass is 32.2. The van der Waals surface area contributed by atoms with Crippen molar-refractivity contribution in [3.05, 3.63) is 139 Å². The summed E-state index contributed by atoms with van der Waals surface area (Å²) in [5.74, 6) is -1.12. The molecule has 2 aliphatic heterocycles. The lowest BCUT2D eigenvalue weighted by molar-refractivity contribution is 0.0600. The van der Waals surface area contributed by atoms with Crippen molar-refractivity contribution in [3.8, 4) is 0 Å². The van der Waals surface area contributed by atoms with Crippen molar-refractivity contribution in [2.24, 2.45) is 0 Å². The lowest BCUT2D eigenvalue weighted by atomic mass is 10.1. The van der Waals surface area contributed by atoms with E-state index in [-0.39, 0.29) is 35.7 Å². The van der Waals surface area contributed by atoms with Crippen LogP contribution in [0.15, 0.2) is 94.5 Å². The third-order valence-electron chi connectivity index (χ3n) is 9.70. The minimum absolute atomic E-state index is 0.0409. The van der Waals surface area contributed by atoms with E-state index < -0.39 is 51.5 Å². The molecular formula is C39H38N6O8S4. The number of aromatic nitrogens is 2. The van der Waals surface area contributed by atoms with E-state index in [4.69, 9.17) is 21.9 Å². The summed E-state index contributed by atoms with van der Waals surface area (Å²) in [5.41, 5.74) is -0.841. The van der Waals surface area contributed by atoms with Gasteiger partial charge in [-0.3, -0.25) is 33.7 Å². The molecule has 14 nitrogen and oxygen atoms in total. The molecule has 4 aromatic rings. The average molecular weight is 847 g/mol. The molecule has 0 radical (unpaired) electrons. The van der Waals surface area contributed by atoms with Crippen LogP contribution in [0.3, 0.4) is 0 Å². The standard InChI is InChI=1S/C39H38N6O8S4/c46-32(26-14-16-30(36(50)42-18-20-56-38(42)54)44(34(26)48)52-22-24-8-3-1-4-9-24)40-28-12-7-13-29(28)41-33(47)27-15-17-31(37(51)43-19-21-57-39(43)55)45(35(27)49)53-23-25-10-5-2-6-11-25/h1-6,8-11,14-17,28-29,38,54H,7,12-13,18-23H2,(H,40,46)(H,41,47)/t28-,29+,38?/m0/s1. The summed E-state index contributed by atoms with van der Waals surface area (Å²) >= 11 is 12.7. The lowest BCUT2D eigenvalue weighted by Gasteiger charge is -2.24. The molecule has 1 aliphatic carbocycles. The number of nitrogens with zero attached hydrogens (tertiary/aromatic N) is 4. The molecule has 3 atom stereocenters. The van der Waals surface area contributed by atoms with Crippen molar-refractivity contribution in [2.45, 2.75) is 49.3 Å². The van der Waals surface area contributed by atoms with Crippen LogP contribution in [-0.4, -0.2) is 88.6 Å². The number of carbonyl (C=O) groups is 4. The third-order valence-corrected chi connectivity index (χ3v) is 12.8. The fraction of sp³-hybridized carbons (Fsp3) is 0.308. The van der Waals surface area contributed by atoms with Gasteiger partial charge in [-0.2, -0.15) is 0 Å². The Morgan fingerprint density at radius 3 is 1.67 bits per heavy atom. The zero-order valence-corrected chi connectivity index (χ0v) is 33.7. The minimum Gasteiger partial charge on any atom is -0.405 e. The van der Waals surface area contributed by atoms with Crippen LogP contribution in [0.1, 0.15) is 72.1 Å². The number of rotatable bonds is 12. The zero-order valence-electron chi connectivity index (χ0n) is 30.4. The number of hydrogen-bond acceptors (Lipinski definition) is 12. The van der Waals surface area contributed by atoms with Gasteiger partial charge in [-0.1, -0.05) is 84.6 Å². The first-order chi connectivity index (χ1) is 27.6. The normalized spacial score (nSPS) is 19.0. The quantitative estimate of drug-likeness (QED) is 0.142. The van der Waals surface area contributed by atoms with Gasteiger partial charge < -0.3 is 25.2 Å². The monoisotopic (exact) mass is 846 g/mol. The molecule has 2 aromatic heterocycles. The SMILES string of the molecule is O=C(N[C@@H]1CCC[C@@H]1NC(=O)c1ccc(C(=O)N2CCSC2S)n(OCc2ccccc2)c1=O)c1ccc(C(=O)N2CCSC2=S)n(OCc2ccccc2)c1=O. The Morgan fingerprint density at radius 2 is 1.21 bits per heavy atom. The van der Waals surface area contributed by atoms with Crippen molar-refractivity contribution in [3.63, 3.8) is 0 Å². The first-order valence-electron chi connectivity index (χ1n) is 18.2. The molecule has 2 N–H and O–H groups in total. The summed E-state index contributed by atoms with van der Waals surface area (Å²) < 4.78 is 1.68. The molecule has 0 spiro atoms. The number of amides is 4. The van der Waals surface area contributed by atoms with Crippen LogP contribution in [0.25, 0.3) is 0 Å². The van der Waals surface area contributed by atoms with Crippen LogP contribution >= 0.6 is 48.4 Å². The maximum atomic E-state index is 13.9. The van der Waals surface area contributed by atoms with Gasteiger partial charge in [0.2, 0.25) is 0 Å². The van der Waals surface area contributed by atoms with Crippen molar-refractivity contribution in [1.29, 1.82) is 0 Å². The zero-order chi connectivity index (χ0) is 40.1. The number of benzene rings is 2. The Hall–Kier alpha value is -5.04. The second kappa shape index (κ2) is 18.0. The summed E-state index contributed by atoms with van der Waals surface area (Å²) in [5, 5.41) is 5.74. The molecule has 296 valence electrons. The van der Waals surface area contributed by atoms with Crippen molar-refractivity contribution in [2.75, 3.05) is 24.6 Å². The molecule has 4 heterocycles. The van der Waals surface area contributed by atoms with E-state index in [0.29, 0.717) is 48.2 Å². The van der Waals surface area contributed by atoms with Crippen LogP contribution in [0.5, 0.6) is 0 Å². The number of hydrogen-bond donors (Lipinski definition) is 3. The van der Waals surface area contributed by atoms with Crippen LogP contribution in [0, 0.1) is 0 Å². The van der Waals surface area contributed by atoms with Gasteiger partial charge in [0, 0.05) is 36.7 Å². The first-order valence-corrected chi connectivity index (χ1v) is 21.1. The third kappa shape index (κ3) is 8.93. The highest BCUT2D eigenvalue weighted by Crippen LogP contribution is 2.28. The second-order valence-corrected chi connectivity index (χ2v) is 17.1. The summed E-state index contributed by atoms with van der Waals surface area (Å²) in [6.07, 6.45) is 1.60. The molecule has 7 rings (SSSR count). The highest BCUT2D eigenvalue weighted by molar-refractivity contribution is 8.23. The number of thiocarbonyl (C=S) groups is 1. The predicted octanol–water partition coefficient (Wildman–Crippen LogP) is 3.22. The molecule has 57 heavy (non-hydrogen) atoms. The Bertz CT molecular complexity index is 2310. The number of pyridine rings is 2. The van der Waals surface area contributed by atoms with Gasteiger partial charge in [-0.15, -0.1) is 33.9 Å². The van der Waals surface area contributed by atoms with Crippen LogP contribution in [-0.2, 0) is 13.2 Å². The van der Waals surface area contributed by atoms with Crippen LogP contribution in [0.2, 0.25) is 0 Å². The Kier molecular flexibility index (Phi) is 12.7. The lowest BCUT2D eigenvalue weighted by Crippen LogP contribution is -2.51. The van der Waals surface area contributed by atoms with Gasteiger partial charge in [0.15, 0.2) is 0 Å². The Morgan fingerprint density at radius 1 is 0.702 bits per heavy atom. The first kappa shape index (κ1) is 40.2. The van der Waals surface area contributed by atoms with E-state index >= 15 is 0 Å². The fourth-order valence-electron chi connectivity index (χ4n) is 6.70. The van der Waals surface area contributed by atoms with Gasteiger partial charge >= 0.3 is 0 Å². The predicted molar refractivity (Wildman–Crippen MR) is 224 cm³/mol. The van der Waals surface area contributed by atoms with Crippen molar-refractivity contribution < 1.29 is 28.9 Å². The minimum atomic E-state index is -0.840. The van der Waals surface area contributed by atoms with E-state index in [9.17, 15) is 28.8 Å². The fourth-order valence-corrected chi connectivity index (χ4v) is 9.34. The van der Waals surface area contributed by atoms with Crippen LogP contribution in [0.4, 0.5) is 0 Å². The van der Waals surface area contributed by atoms with Crippen molar-refractivity contribution in [1.82, 2.24) is 29.9 Å². The van der Waals surface area contributed by atoms with Gasteiger partial charge in [-0.05, 0) is 54.7 Å². The molecule has 3 aliphatic rings. The molecule has 1 saturated carbocycles. The van der Waals surface area contributed by atoms with Crippen LogP contribution < -0.4 is 31.4 Å². The maximum absolute atomic E-state index is 13.9. The van der Waals surface area contributed by atoms with E-state index in [1.807, 2.05) is 48.5 Å². The molecule has 3 fully saturated rings. The van der Waals surface area contributed by atoms with E-state index in [1.165, 1.54) is 57.6 Å². The average Bonchev–Trinajstić information content (AvgIpc) is 3.98. The summed E-state index contributed by atoms with van der Waals surface area (Å²) in [7, 11) is 0. The van der Waals surface area contributed by atoms with Crippen molar-refractivity contribution >= 4 is 76.3 Å². The van der Waals surface area contributed by atoms with E-state index in [2.05, 4.69) is 23.3 Å². The molecule has 2 aromatic carbocycles. The molecule has 2 saturated heterocycles. The Balaban J connectivity index is 1.10. The van der Waals surface area contributed by atoms with Gasteiger partial charge in [0.1, 0.15) is 44.8 Å². The largest absolute Gasteiger partial charge is 0.405 e. The second-order valence-electron chi connectivity index (χ2n) is 13.3. The molecule has 0 bridgehead atoms.